The first-order valence-corrected chi connectivity index (χ1v) is 6.78. The molecule has 1 saturated carbocycles. The molecular weight excluding hydrogens is 234 g/mol. The Balaban J connectivity index is 2.35. The summed E-state index contributed by atoms with van der Waals surface area (Å²) in [6.45, 7) is 0. The summed E-state index contributed by atoms with van der Waals surface area (Å²) in [4.78, 5) is 15.5. The number of carbonyl (C=O) groups is 1. The van der Waals surface area contributed by atoms with Crippen LogP contribution in [0.1, 0.15) is 30.2 Å². The van der Waals surface area contributed by atoms with Gasteiger partial charge in [-0.2, -0.15) is 0 Å². The monoisotopic (exact) mass is 253 g/mol. The van der Waals surface area contributed by atoms with Crippen molar-refractivity contribution < 1.29 is 9.53 Å². The molecule has 2 rings (SSSR count). The highest BCUT2D eigenvalue weighted by Gasteiger charge is 2.53. The minimum Gasteiger partial charge on any atom is -0.469 e. The van der Waals surface area contributed by atoms with Gasteiger partial charge in [-0.1, -0.05) is 12.5 Å². The molecule has 1 unspecified atom stereocenters. The fourth-order valence-corrected chi connectivity index (χ4v) is 3.85. The van der Waals surface area contributed by atoms with Crippen molar-refractivity contribution in [2.75, 3.05) is 21.2 Å². The Labute approximate surface area is 106 Å². The van der Waals surface area contributed by atoms with Gasteiger partial charge in [-0.3, -0.25) is 4.79 Å². The quantitative estimate of drug-likeness (QED) is 0.773. The Bertz CT molecular complexity index is 382. The number of hydrogen-bond acceptors (Lipinski definition) is 4. The number of thiophene rings is 1. The van der Waals surface area contributed by atoms with Gasteiger partial charge in [0.2, 0.25) is 0 Å². The Kier molecular flexibility index (Phi) is 3.54. The Morgan fingerprint density at radius 3 is 2.59 bits per heavy atom. The van der Waals surface area contributed by atoms with Crippen LogP contribution in [0.3, 0.4) is 0 Å². The molecule has 0 aliphatic heterocycles. The highest BCUT2D eigenvalue weighted by molar-refractivity contribution is 7.10. The lowest BCUT2D eigenvalue weighted by molar-refractivity contribution is -0.164. The second-order valence-electron chi connectivity index (χ2n) is 4.88. The molecule has 0 radical (unpaired) electrons. The van der Waals surface area contributed by atoms with E-state index in [1.807, 2.05) is 20.2 Å². The van der Waals surface area contributed by atoms with Crippen molar-refractivity contribution in [3.05, 3.63) is 22.4 Å². The molecule has 1 atom stereocenters. The highest BCUT2D eigenvalue weighted by Crippen LogP contribution is 2.53. The molecule has 3 nitrogen and oxygen atoms in total. The zero-order valence-corrected chi connectivity index (χ0v) is 11.4. The van der Waals surface area contributed by atoms with Gasteiger partial charge in [0.1, 0.15) is 0 Å². The van der Waals surface area contributed by atoms with Gasteiger partial charge in [-0.25, -0.2) is 0 Å². The van der Waals surface area contributed by atoms with E-state index in [4.69, 9.17) is 4.74 Å². The third-order valence-electron chi connectivity index (χ3n) is 3.69. The zero-order valence-electron chi connectivity index (χ0n) is 10.6. The van der Waals surface area contributed by atoms with Crippen molar-refractivity contribution in [1.82, 2.24) is 4.90 Å². The number of hydrogen-bond donors (Lipinski definition) is 0. The maximum absolute atomic E-state index is 12.1. The molecule has 0 bridgehead atoms. The Morgan fingerprint density at radius 1 is 1.53 bits per heavy atom. The van der Waals surface area contributed by atoms with Crippen LogP contribution in [0.2, 0.25) is 0 Å². The zero-order chi connectivity index (χ0) is 12.5. The lowest BCUT2D eigenvalue weighted by atomic mass is 9.63. The van der Waals surface area contributed by atoms with E-state index in [1.165, 1.54) is 12.0 Å². The van der Waals surface area contributed by atoms with Crippen molar-refractivity contribution in [1.29, 1.82) is 0 Å². The molecule has 1 aromatic rings. The normalized spacial score (nSPS) is 19.8. The molecule has 1 aliphatic rings. The molecule has 1 heterocycles. The first-order valence-electron chi connectivity index (χ1n) is 5.90. The van der Waals surface area contributed by atoms with Crippen LogP contribution in [0.4, 0.5) is 0 Å². The van der Waals surface area contributed by atoms with E-state index < -0.39 is 0 Å². The molecule has 0 N–H and O–H groups in total. The Hall–Kier alpha value is -0.870. The van der Waals surface area contributed by atoms with Crippen LogP contribution in [0, 0.1) is 5.41 Å². The van der Waals surface area contributed by atoms with Crippen LogP contribution in [0.15, 0.2) is 17.5 Å². The van der Waals surface area contributed by atoms with Gasteiger partial charge < -0.3 is 9.64 Å². The van der Waals surface area contributed by atoms with E-state index in [1.54, 1.807) is 11.3 Å². The molecule has 1 fully saturated rings. The second kappa shape index (κ2) is 4.78. The van der Waals surface area contributed by atoms with Crippen molar-refractivity contribution in [2.45, 2.75) is 25.3 Å². The van der Waals surface area contributed by atoms with Crippen molar-refractivity contribution in [2.24, 2.45) is 5.41 Å². The summed E-state index contributed by atoms with van der Waals surface area (Å²) in [6, 6.07) is 4.29. The van der Waals surface area contributed by atoms with Gasteiger partial charge in [0.05, 0.1) is 18.6 Å². The number of methoxy groups -OCH3 is 1. The Morgan fingerprint density at radius 2 is 2.24 bits per heavy atom. The smallest absolute Gasteiger partial charge is 0.313 e. The molecule has 0 spiro atoms. The fourth-order valence-electron chi connectivity index (χ4n) is 2.82. The number of carbonyl (C=O) groups excluding carboxylic acids is 1. The van der Waals surface area contributed by atoms with E-state index in [2.05, 4.69) is 16.3 Å². The summed E-state index contributed by atoms with van der Waals surface area (Å²) in [5.74, 6) is -0.0594. The van der Waals surface area contributed by atoms with Crippen LogP contribution in [0.5, 0.6) is 0 Å². The van der Waals surface area contributed by atoms with E-state index >= 15 is 0 Å². The molecule has 94 valence electrons. The van der Waals surface area contributed by atoms with E-state index in [0.717, 1.165) is 19.3 Å². The molecule has 17 heavy (non-hydrogen) atoms. The van der Waals surface area contributed by atoms with Gasteiger partial charge in [-0.05, 0) is 38.4 Å². The second-order valence-corrected chi connectivity index (χ2v) is 5.86. The summed E-state index contributed by atoms with van der Waals surface area (Å²) in [5.41, 5.74) is -0.330. The van der Waals surface area contributed by atoms with Crippen LogP contribution < -0.4 is 0 Å². The van der Waals surface area contributed by atoms with Gasteiger partial charge in [-0.15, -0.1) is 11.3 Å². The lowest BCUT2D eigenvalue weighted by Crippen LogP contribution is -2.48. The minimum absolute atomic E-state index is 0.0594. The molecule has 0 amide bonds. The third kappa shape index (κ3) is 2.00. The summed E-state index contributed by atoms with van der Waals surface area (Å²) in [6.07, 6.45) is 2.98. The SMILES string of the molecule is COC(=O)C1(C(c2cccs2)N(C)C)CCC1. The van der Waals surface area contributed by atoms with Crippen LogP contribution in [-0.2, 0) is 9.53 Å². The maximum Gasteiger partial charge on any atom is 0.313 e. The predicted octanol–water partition coefficient (Wildman–Crippen LogP) is 2.69. The summed E-state index contributed by atoms with van der Waals surface area (Å²) in [5, 5.41) is 2.06. The first kappa shape index (κ1) is 12.6. The van der Waals surface area contributed by atoms with Gasteiger partial charge in [0.15, 0.2) is 0 Å². The van der Waals surface area contributed by atoms with Crippen molar-refractivity contribution in [3.63, 3.8) is 0 Å². The van der Waals surface area contributed by atoms with Crippen LogP contribution in [0.25, 0.3) is 0 Å². The largest absolute Gasteiger partial charge is 0.469 e. The molecule has 1 aliphatic carbocycles. The average Bonchev–Trinajstić information content (AvgIpc) is 2.74. The van der Waals surface area contributed by atoms with Gasteiger partial charge >= 0.3 is 5.97 Å². The number of ether oxygens (including phenoxy) is 1. The number of esters is 1. The molecular formula is C13H19NO2S. The van der Waals surface area contributed by atoms with E-state index in [0.29, 0.717) is 0 Å². The predicted molar refractivity (Wildman–Crippen MR) is 69.0 cm³/mol. The minimum atomic E-state index is -0.330. The third-order valence-corrected chi connectivity index (χ3v) is 4.61. The molecule has 1 aromatic heterocycles. The summed E-state index contributed by atoms with van der Waals surface area (Å²) >= 11 is 1.71. The van der Waals surface area contributed by atoms with Crippen LogP contribution in [-0.4, -0.2) is 32.1 Å². The lowest BCUT2D eigenvalue weighted by Gasteiger charge is -2.47. The average molecular weight is 253 g/mol. The number of nitrogens with zero attached hydrogens (tertiary/aromatic N) is 1. The topological polar surface area (TPSA) is 29.5 Å². The molecule has 0 saturated heterocycles. The standard InChI is InChI=1S/C13H19NO2S/c1-14(2)11(10-6-4-9-17-10)13(7-5-8-13)12(15)16-3/h4,6,9,11H,5,7-8H2,1-3H3. The van der Waals surface area contributed by atoms with E-state index in [-0.39, 0.29) is 17.4 Å². The summed E-state index contributed by atoms with van der Waals surface area (Å²) < 4.78 is 5.03. The van der Waals surface area contributed by atoms with Gasteiger partial charge in [0, 0.05) is 4.88 Å². The number of rotatable bonds is 4. The summed E-state index contributed by atoms with van der Waals surface area (Å²) in [7, 11) is 5.56. The van der Waals surface area contributed by atoms with Crippen molar-refractivity contribution >= 4 is 17.3 Å². The fraction of sp³-hybridized carbons (Fsp3) is 0.615. The van der Waals surface area contributed by atoms with Crippen LogP contribution >= 0.6 is 11.3 Å². The highest BCUT2D eigenvalue weighted by atomic mass is 32.1. The molecule has 0 aromatic carbocycles. The van der Waals surface area contributed by atoms with Crippen molar-refractivity contribution in [3.8, 4) is 0 Å². The van der Waals surface area contributed by atoms with E-state index in [9.17, 15) is 4.79 Å². The maximum atomic E-state index is 12.1. The molecule has 4 heteroatoms. The van der Waals surface area contributed by atoms with Gasteiger partial charge in [0.25, 0.3) is 0 Å². The first-order chi connectivity index (χ1) is 8.12.